The third-order valence-electron chi connectivity index (χ3n) is 5.80. The first-order chi connectivity index (χ1) is 14.0. The molecule has 2 aliphatic heterocycles. The lowest BCUT2D eigenvalue weighted by Crippen LogP contribution is -2.47. The maximum atomic E-state index is 13.1. The number of nitrogens with zero attached hydrogens (tertiary/aromatic N) is 4. The van der Waals surface area contributed by atoms with Gasteiger partial charge >= 0.3 is 0 Å². The first-order valence-electron chi connectivity index (χ1n) is 10.3. The Bertz CT molecular complexity index is 895. The number of nitrogens with one attached hydrogen (secondary N) is 1. The van der Waals surface area contributed by atoms with Crippen molar-refractivity contribution in [2.24, 2.45) is 0 Å². The van der Waals surface area contributed by atoms with Gasteiger partial charge in [-0.2, -0.15) is 0 Å². The molecule has 0 radical (unpaired) electrons. The van der Waals surface area contributed by atoms with Crippen LogP contribution in [0, 0.1) is 0 Å². The Balaban J connectivity index is 1.47. The number of rotatable bonds is 4. The van der Waals surface area contributed by atoms with E-state index in [1.54, 1.807) is 31.2 Å². The summed E-state index contributed by atoms with van der Waals surface area (Å²) in [7, 11) is 0. The number of aryl methyl sites for hydroxylation is 1. The van der Waals surface area contributed by atoms with Crippen molar-refractivity contribution in [3.63, 3.8) is 0 Å². The highest BCUT2D eigenvalue weighted by Gasteiger charge is 2.36. The molecule has 4 rings (SSSR count). The Morgan fingerprint density at radius 3 is 2.69 bits per heavy atom. The first kappa shape index (κ1) is 19.9. The number of hydrogen-bond donors (Lipinski definition) is 1. The number of carbonyl (C=O) groups is 2. The number of amides is 2. The van der Waals surface area contributed by atoms with Crippen LogP contribution in [-0.2, 0) is 17.8 Å². The smallest absolute Gasteiger partial charge is 0.251 e. The minimum absolute atomic E-state index is 0.0725. The van der Waals surface area contributed by atoms with Crippen molar-refractivity contribution in [1.82, 2.24) is 25.0 Å². The predicted octanol–water partition coefficient (Wildman–Crippen LogP) is 3.14. The molecule has 2 unspecified atom stereocenters. The average Bonchev–Trinajstić information content (AvgIpc) is 3.28. The van der Waals surface area contributed by atoms with E-state index in [0.717, 1.165) is 50.3 Å². The minimum Gasteiger partial charge on any atom is -0.341 e. The second-order valence-corrected chi connectivity index (χ2v) is 8.26. The molecule has 2 aromatic rings. The van der Waals surface area contributed by atoms with Crippen LogP contribution in [0.15, 0.2) is 24.3 Å². The largest absolute Gasteiger partial charge is 0.341 e. The van der Waals surface area contributed by atoms with Crippen molar-refractivity contribution < 1.29 is 9.59 Å². The Morgan fingerprint density at radius 1 is 1.10 bits per heavy atom. The van der Waals surface area contributed by atoms with E-state index in [-0.39, 0.29) is 17.9 Å². The maximum Gasteiger partial charge on any atom is 0.251 e. The second-order valence-electron chi connectivity index (χ2n) is 7.83. The Labute approximate surface area is 175 Å². The lowest BCUT2D eigenvalue weighted by atomic mass is 10.1. The van der Waals surface area contributed by atoms with Crippen LogP contribution in [0.2, 0.25) is 5.02 Å². The number of hydrogen-bond acceptors (Lipinski definition) is 4. The van der Waals surface area contributed by atoms with E-state index in [9.17, 15) is 9.59 Å². The van der Waals surface area contributed by atoms with Gasteiger partial charge in [-0.1, -0.05) is 18.0 Å². The number of halogens is 1. The van der Waals surface area contributed by atoms with Gasteiger partial charge in [0, 0.05) is 30.1 Å². The third-order valence-corrected chi connectivity index (χ3v) is 6.05. The van der Waals surface area contributed by atoms with Crippen molar-refractivity contribution in [1.29, 1.82) is 0 Å². The molecule has 8 heteroatoms. The molecule has 1 saturated heterocycles. The summed E-state index contributed by atoms with van der Waals surface area (Å²) in [5.74, 6) is 1.56. The average molecular weight is 416 g/mol. The molecule has 1 aromatic carbocycles. The number of carbonyl (C=O) groups excluding carboxylic acids is 2. The summed E-state index contributed by atoms with van der Waals surface area (Å²) in [6, 6.07) is 5.94. The molecule has 0 saturated carbocycles. The standard InChI is InChI=1S/C21H26ClN5O2/c1-14(23-20(28)15-8-10-16(22)11-9-15)21(29)26-13-5-6-17(26)19-25-24-18-7-3-2-4-12-27(18)19/h8-11,14,17H,2-7,12-13H2,1H3,(H,23,28). The zero-order chi connectivity index (χ0) is 20.4. The van der Waals surface area contributed by atoms with Crippen molar-refractivity contribution >= 4 is 23.4 Å². The van der Waals surface area contributed by atoms with Crippen LogP contribution in [0.5, 0.6) is 0 Å². The summed E-state index contributed by atoms with van der Waals surface area (Å²) in [6.45, 7) is 3.32. The zero-order valence-electron chi connectivity index (χ0n) is 16.6. The number of benzene rings is 1. The van der Waals surface area contributed by atoms with E-state index in [4.69, 9.17) is 11.6 Å². The lowest BCUT2D eigenvalue weighted by Gasteiger charge is -2.27. The fourth-order valence-corrected chi connectivity index (χ4v) is 4.37. The maximum absolute atomic E-state index is 13.1. The third kappa shape index (κ3) is 4.15. The number of aromatic nitrogens is 3. The molecular formula is C21H26ClN5O2. The van der Waals surface area contributed by atoms with Gasteiger partial charge in [0.15, 0.2) is 5.82 Å². The molecule has 2 atom stereocenters. The topological polar surface area (TPSA) is 80.1 Å². The van der Waals surface area contributed by atoms with Gasteiger partial charge in [-0.15, -0.1) is 10.2 Å². The minimum atomic E-state index is -0.620. The van der Waals surface area contributed by atoms with Crippen LogP contribution in [0.4, 0.5) is 0 Å². The SMILES string of the molecule is CC(NC(=O)c1ccc(Cl)cc1)C(=O)N1CCCC1c1nnc2n1CCCCC2. The van der Waals surface area contributed by atoms with Crippen LogP contribution in [0.3, 0.4) is 0 Å². The Kier molecular flexibility index (Phi) is 5.85. The summed E-state index contributed by atoms with van der Waals surface area (Å²) >= 11 is 5.88. The summed E-state index contributed by atoms with van der Waals surface area (Å²) in [6.07, 6.45) is 6.20. The van der Waals surface area contributed by atoms with E-state index in [1.165, 1.54) is 6.42 Å². The van der Waals surface area contributed by atoms with Gasteiger partial charge in [0.2, 0.25) is 5.91 Å². The molecule has 0 bridgehead atoms. The molecule has 1 aromatic heterocycles. The summed E-state index contributed by atoms with van der Waals surface area (Å²) in [4.78, 5) is 27.5. The molecule has 1 fully saturated rings. The monoisotopic (exact) mass is 415 g/mol. The highest BCUT2D eigenvalue weighted by atomic mass is 35.5. The van der Waals surface area contributed by atoms with Crippen molar-refractivity contribution in [2.75, 3.05) is 6.54 Å². The highest BCUT2D eigenvalue weighted by Crippen LogP contribution is 2.32. The number of fused-ring (bicyclic) bond motifs is 1. The fourth-order valence-electron chi connectivity index (χ4n) is 4.24. The highest BCUT2D eigenvalue weighted by molar-refractivity contribution is 6.30. The molecule has 29 heavy (non-hydrogen) atoms. The molecule has 1 N–H and O–H groups in total. The summed E-state index contributed by atoms with van der Waals surface area (Å²) in [5, 5.41) is 12.2. The van der Waals surface area contributed by atoms with E-state index < -0.39 is 6.04 Å². The molecule has 0 aliphatic carbocycles. The zero-order valence-corrected chi connectivity index (χ0v) is 17.4. The Hall–Kier alpha value is -2.41. The van der Waals surface area contributed by atoms with E-state index in [0.29, 0.717) is 17.1 Å². The van der Waals surface area contributed by atoms with Crippen molar-refractivity contribution in [3.05, 3.63) is 46.5 Å². The molecule has 3 heterocycles. The van der Waals surface area contributed by atoms with Crippen LogP contribution in [0.25, 0.3) is 0 Å². The number of likely N-dealkylation sites (tertiary alicyclic amines) is 1. The van der Waals surface area contributed by atoms with Gasteiger partial charge in [-0.25, -0.2) is 0 Å². The molecule has 0 spiro atoms. The fraction of sp³-hybridized carbons (Fsp3) is 0.524. The van der Waals surface area contributed by atoms with Crippen LogP contribution >= 0.6 is 11.6 Å². The van der Waals surface area contributed by atoms with Gasteiger partial charge < -0.3 is 14.8 Å². The van der Waals surface area contributed by atoms with Gasteiger partial charge in [0.25, 0.3) is 5.91 Å². The molecule has 2 amide bonds. The molecule has 2 aliphatic rings. The van der Waals surface area contributed by atoms with Gasteiger partial charge in [-0.05, 0) is 56.9 Å². The van der Waals surface area contributed by atoms with Crippen LogP contribution in [-0.4, -0.2) is 44.1 Å². The second kappa shape index (κ2) is 8.53. The first-order valence-corrected chi connectivity index (χ1v) is 10.7. The van der Waals surface area contributed by atoms with Crippen LogP contribution in [0.1, 0.15) is 67.1 Å². The molecule has 7 nitrogen and oxygen atoms in total. The van der Waals surface area contributed by atoms with Crippen LogP contribution < -0.4 is 5.32 Å². The van der Waals surface area contributed by atoms with E-state index in [2.05, 4.69) is 20.1 Å². The van der Waals surface area contributed by atoms with E-state index >= 15 is 0 Å². The van der Waals surface area contributed by atoms with Gasteiger partial charge in [0.05, 0.1) is 6.04 Å². The van der Waals surface area contributed by atoms with Gasteiger partial charge in [0.1, 0.15) is 11.9 Å². The lowest BCUT2D eigenvalue weighted by molar-refractivity contribution is -0.134. The van der Waals surface area contributed by atoms with E-state index in [1.807, 2.05) is 4.90 Å². The molecule has 154 valence electrons. The predicted molar refractivity (Wildman–Crippen MR) is 110 cm³/mol. The van der Waals surface area contributed by atoms with Crippen molar-refractivity contribution in [3.8, 4) is 0 Å². The van der Waals surface area contributed by atoms with Crippen molar-refractivity contribution in [2.45, 2.75) is 64.1 Å². The summed E-state index contributed by atoms with van der Waals surface area (Å²) < 4.78 is 2.21. The normalized spacial score (nSPS) is 20.1. The summed E-state index contributed by atoms with van der Waals surface area (Å²) in [5.41, 5.74) is 0.481. The Morgan fingerprint density at radius 2 is 1.90 bits per heavy atom. The quantitative estimate of drug-likeness (QED) is 0.831. The molecular weight excluding hydrogens is 390 g/mol. The van der Waals surface area contributed by atoms with Gasteiger partial charge in [-0.3, -0.25) is 9.59 Å².